The fourth-order valence-electron chi connectivity index (χ4n) is 4.74. The zero-order valence-corrected chi connectivity index (χ0v) is 27.1. The molecule has 236 valence electrons. The number of anilines is 1. The van der Waals surface area contributed by atoms with E-state index in [9.17, 15) is 22.4 Å². The maximum absolute atomic E-state index is 14.4. The molecular weight excluding hydrogens is 613 g/mol. The van der Waals surface area contributed by atoms with Gasteiger partial charge >= 0.3 is 0 Å². The minimum Gasteiger partial charge on any atom is -0.354 e. The van der Waals surface area contributed by atoms with Crippen molar-refractivity contribution >= 4 is 39.1 Å². The Balaban J connectivity index is 1.79. The van der Waals surface area contributed by atoms with Crippen LogP contribution in [0.5, 0.6) is 0 Å². The van der Waals surface area contributed by atoms with Crippen LogP contribution in [0.1, 0.15) is 30.5 Å². The summed E-state index contributed by atoms with van der Waals surface area (Å²) in [5.41, 5.74) is 2.52. The number of nitrogens with one attached hydrogen (secondary N) is 1. The molecule has 0 spiro atoms. The molecule has 45 heavy (non-hydrogen) atoms. The third-order valence-electron chi connectivity index (χ3n) is 7.22. The number of carbonyl (C=O) groups excluding carboxylic acids is 2. The van der Waals surface area contributed by atoms with Crippen molar-refractivity contribution in [3.8, 4) is 0 Å². The van der Waals surface area contributed by atoms with Gasteiger partial charge in [0.25, 0.3) is 10.0 Å². The number of carbonyl (C=O) groups is 2. The molecule has 0 aromatic heterocycles. The predicted molar refractivity (Wildman–Crippen MR) is 176 cm³/mol. The summed E-state index contributed by atoms with van der Waals surface area (Å²) in [6.45, 7) is 5.52. The maximum atomic E-state index is 14.4. The number of sulfonamides is 1. The molecule has 4 aromatic rings. The number of halogens is 2. The lowest BCUT2D eigenvalue weighted by Gasteiger charge is -2.34. The smallest absolute Gasteiger partial charge is 0.264 e. The van der Waals surface area contributed by atoms with Gasteiger partial charge in [0.15, 0.2) is 0 Å². The van der Waals surface area contributed by atoms with Gasteiger partial charge in [-0.05, 0) is 72.5 Å². The average Bonchev–Trinajstić information content (AvgIpc) is 3.02. The van der Waals surface area contributed by atoms with Crippen LogP contribution in [0.25, 0.3) is 0 Å². The van der Waals surface area contributed by atoms with E-state index in [0.717, 1.165) is 15.4 Å². The van der Waals surface area contributed by atoms with Crippen LogP contribution in [0.15, 0.2) is 108 Å². The summed E-state index contributed by atoms with van der Waals surface area (Å²) in [5, 5.41) is 3.35. The Bertz CT molecular complexity index is 1680. The third-order valence-corrected chi connectivity index (χ3v) is 9.26. The van der Waals surface area contributed by atoms with Crippen molar-refractivity contribution in [3.63, 3.8) is 0 Å². The van der Waals surface area contributed by atoms with E-state index >= 15 is 0 Å². The van der Waals surface area contributed by atoms with Gasteiger partial charge in [-0.3, -0.25) is 13.9 Å². The van der Waals surface area contributed by atoms with Crippen molar-refractivity contribution in [2.75, 3.05) is 17.4 Å². The van der Waals surface area contributed by atoms with Crippen LogP contribution in [0.2, 0.25) is 5.02 Å². The Kier molecular flexibility index (Phi) is 11.4. The van der Waals surface area contributed by atoms with Crippen molar-refractivity contribution in [2.45, 2.75) is 44.7 Å². The maximum Gasteiger partial charge on any atom is 0.264 e. The van der Waals surface area contributed by atoms with E-state index in [1.165, 1.54) is 41.3 Å². The largest absolute Gasteiger partial charge is 0.354 e. The number of amides is 2. The van der Waals surface area contributed by atoms with Gasteiger partial charge in [-0.25, -0.2) is 12.8 Å². The van der Waals surface area contributed by atoms with Gasteiger partial charge in [0.2, 0.25) is 11.8 Å². The lowest BCUT2D eigenvalue weighted by atomic mass is 10.0. The minimum absolute atomic E-state index is 0.0106. The normalized spacial score (nSPS) is 12.0. The summed E-state index contributed by atoms with van der Waals surface area (Å²) in [6, 6.07) is 26.5. The van der Waals surface area contributed by atoms with Crippen LogP contribution < -0.4 is 9.62 Å². The van der Waals surface area contributed by atoms with Crippen molar-refractivity contribution < 1.29 is 22.4 Å². The number of hydrogen-bond donors (Lipinski definition) is 1. The fraction of sp³-hybridized carbons (Fsp3) is 0.257. The van der Waals surface area contributed by atoms with E-state index in [1.807, 2.05) is 51.1 Å². The molecule has 1 N–H and O–H groups in total. The molecule has 0 aliphatic heterocycles. The second-order valence-corrected chi connectivity index (χ2v) is 13.6. The van der Waals surface area contributed by atoms with Crippen molar-refractivity contribution in [1.82, 2.24) is 10.2 Å². The first-order chi connectivity index (χ1) is 21.4. The van der Waals surface area contributed by atoms with Gasteiger partial charge in [0, 0.05) is 24.5 Å². The minimum atomic E-state index is -4.22. The molecule has 0 saturated carbocycles. The van der Waals surface area contributed by atoms with E-state index in [1.54, 1.807) is 36.4 Å². The zero-order valence-electron chi connectivity index (χ0n) is 25.5. The second-order valence-electron chi connectivity index (χ2n) is 11.3. The van der Waals surface area contributed by atoms with Gasteiger partial charge < -0.3 is 10.2 Å². The first-order valence-electron chi connectivity index (χ1n) is 14.6. The molecule has 2 amide bonds. The highest BCUT2D eigenvalue weighted by Crippen LogP contribution is 2.27. The van der Waals surface area contributed by atoms with E-state index in [-0.39, 0.29) is 35.4 Å². The third kappa shape index (κ3) is 9.15. The predicted octanol–water partition coefficient (Wildman–Crippen LogP) is 6.40. The van der Waals surface area contributed by atoms with E-state index in [0.29, 0.717) is 17.1 Å². The van der Waals surface area contributed by atoms with Gasteiger partial charge in [-0.15, -0.1) is 0 Å². The summed E-state index contributed by atoms with van der Waals surface area (Å²) in [7, 11) is -4.22. The Morgan fingerprint density at radius 3 is 2.07 bits per heavy atom. The highest BCUT2D eigenvalue weighted by molar-refractivity contribution is 7.92. The number of aryl methyl sites for hydroxylation is 1. The summed E-state index contributed by atoms with van der Waals surface area (Å²) >= 11 is 6.11. The highest BCUT2D eigenvalue weighted by atomic mass is 35.5. The van der Waals surface area contributed by atoms with Crippen LogP contribution >= 0.6 is 11.6 Å². The fourth-order valence-corrected chi connectivity index (χ4v) is 6.28. The second kappa shape index (κ2) is 15.2. The molecule has 7 nitrogen and oxygen atoms in total. The number of hydrogen-bond acceptors (Lipinski definition) is 4. The van der Waals surface area contributed by atoms with Crippen molar-refractivity contribution in [3.05, 3.63) is 131 Å². The van der Waals surface area contributed by atoms with Gasteiger partial charge in [0.1, 0.15) is 18.4 Å². The summed E-state index contributed by atoms with van der Waals surface area (Å²) in [6.07, 6.45) is 0.184. The number of nitrogens with zero attached hydrogens (tertiary/aromatic N) is 2. The monoisotopic (exact) mass is 649 g/mol. The quantitative estimate of drug-likeness (QED) is 0.182. The summed E-state index contributed by atoms with van der Waals surface area (Å²) in [5.74, 6) is -1.26. The average molecular weight is 650 g/mol. The van der Waals surface area contributed by atoms with Gasteiger partial charge in [-0.2, -0.15) is 0 Å². The lowest BCUT2D eigenvalue weighted by molar-refractivity contribution is -0.140. The lowest BCUT2D eigenvalue weighted by Crippen LogP contribution is -2.53. The summed E-state index contributed by atoms with van der Waals surface area (Å²) in [4.78, 5) is 29.6. The molecule has 0 fully saturated rings. The number of rotatable bonds is 13. The standard InChI is InChI=1S/C35H37ClFN3O4S/c1-25(2)22-38-35(42)33(21-27-7-5-4-6-8-27)39(23-28-11-15-30(37)16-12-28)34(41)24-40(31-17-13-29(36)14-18-31)45(43,44)32-19-9-26(3)10-20-32/h4-20,25,33H,21-24H2,1-3H3,(H,38,42). The zero-order chi connectivity index (χ0) is 32.6. The van der Waals surface area contributed by atoms with Gasteiger partial charge in [-0.1, -0.05) is 85.6 Å². The molecule has 0 radical (unpaired) electrons. The topological polar surface area (TPSA) is 86.8 Å². The molecule has 0 saturated heterocycles. The van der Waals surface area contributed by atoms with Crippen molar-refractivity contribution in [1.29, 1.82) is 0 Å². The molecular formula is C35H37ClFN3O4S. The molecule has 10 heteroatoms. The van der Waals surface area contributed by atoms with E-state index in [2.05, 4.69) is 5.32 Å². The highest BCUT2D eigenvalue weighted by Gasteiger charge is 2.34. The Morgan fingerprint density at radius 2 is 1.47 bits per heavy atom. The van der Waals surface area contributed by atoms with Crippen LogP contribution in [0.4, 0.5) is 10.1 Å². The first kappa shape index (κ1) is 33.7. The van der Waals surface area contributed by atoms with Crippen LogP contribution in [0.3, 0.4) is 0 Å². The van der Waals surface area contributed by atoms with Crippen LogP contribution in [-0.4, -0.2) is 44.3 Å². The molecule has 0 aliphatic carbocycles. The number of benzene rings is 4. The molecule has 1 atom stereocenters. The van der Waals surface area contributed by atoms with Crippen LogP contribution in [-0.2, 0) is 32.6 Å². The molecule has 4 aromatic carbocycles. The Labute approximate surface area is 269 Å². The Hall–Kier alpha value is -4.21. The van der Waals surface area contributed by atoms with Crippen molar-refractivity contribution in [2.24, 2.45) is 5.92 Å². The Morgan fingerprint density at radius 1 is 0.844 bits per heavy atom. The molecule has 0 bridgehead atoms. The van der Waals surface area contributed by atoms with Gasteiger partial charge in [0.05, 0.1) is 10.6 Å². The SMILES string of the molecule is Cc1ccc(S(=O)(=O)N(CC(=O)N(Cc2ccc(F)cc2)C(Cc2ccccc2)C(=O)NCC(C)C)c2ccc(Cl)cc2)cc1. The molecule has 4 rings (SSSR count). The molecule has 0 heterocycles. The van der Waals surface area contributed by atoms with E-state index in [4.69, 9.17) is 11.6 Å². The van der Waals surface area contributed by atoms with Crippen LogP contribution in [0, 0.1) is 18.7 Å². The molecule has 1 unspecified atom stereocenters. The molecule has 0 aliphatic rings. The van der Waals surface area contributed by atoms with E-state index < -0.39 is 34.3 Å². The first-order valence-corrected chi connectivity index (χ1v) is 16.5. The summed E-state index contributed by atoms with van der Waals surface area (Å²) < 4.78 is 43.0.